The summed E-state index contributed by atoms with van der Waals surface area (Å²) in [5.74, 6) is 0.819. The normalized spacial score (nSPS) is 7.67. The molecule has 0 aliphatic heterocycles. The minimum atomic E-state index is 0.819. The van der Waals surface area contributed by atoms with Gasteiger partial charge in [0, 0.05) is 12.4 Å². The summed E-state index contributed by atoms with van der Waals surface area (Å²) in [6.07, 6.45) is 5.12. The fraction of sp³-hybridized carbons (Fsp3) is 0. The molecule has 0 bridgehead atoms. The zero-order valence-corrected chi connectivity index (χ0v) is 7.68. The Bertz CT molecular complexity index is 221. The van der Waals surface area contributed by atoms with Gasteiger partial charge in [-0.1, -0.05) is 19.7 Å². The van der Waals surface area contributed by atoms with Gasteiger partial charge in [0.05, 0.1) is 0 Å². The second-order valence-electron chi connectivity index (χ2n) is 1.65. The smallest absolute Gasteiger partial charge is 0.129 e. The lowest BCUT2D eigenvalue weighted by Crippen LogP contribution is -1.67. The Morgan fingerprint density at radius 2 is 2.00 bits per heavy atom. The molecule has 12 heavy (non-hydrogen) atoms. The number of imidazole rings is 1. The van der Waals surface area contributed by atoms with E-state index in [4.69, 9.17) is 0 Å². The Labute approximate surface area is 77.1 Å². The molecule has 1 aromatic heterocycles. The van der Waals surface area contributed by atoms with Gasteiger partial charge in [-0.25, -0.2) is 4.98 Å². The highest BCUT2D eigenvalue weighted by Crippen LogP contribution is 1.96. The molecule has 3 heteroatoms. The predicted molar refractivity (Wildman–Crippen MR) is 56.7 cm³/mol. The summed E-state index contributed by atoms with van der Waals surface area (Å²) in [5, 5.41) is 3.46. The van der Waals surface area contributed by atoms with Crippen molar-refractivity contribution in [1.82, 2.24) is 9.97 Å². The average molecular weight is 180 g/mol. The van der Waals surface area contributed by atoms with E-state index in [2.05, 4.69) is 29.7 Å². The van der Waals surface area contributed by atoms with Crippen LogP contribution in [-0.2, 0) is 0 Å². The zero-order valence-electron chi connectivity index (χ0n) is 6.86. The maximum Gasteiger partial charge on any atom is 0.129 e. The minimum Gasteiger partial charge on any atom is -0.345 e. The van der Waals surface area contributed by atoms with E-state index in [1.165, 1.54) is 11.8 Å². The molecule has 0 aliphatic rings. The number of nitrogens with zero attached hydrogens (tertiary/aromatic N) is 1. The Balaban J connectivity index is 0.000000217. The van der Waals surface area contributed by atoms with Gasteiger partial charge >= 0.3 is 0 Å². The second-order valence-corrected chi connectivity index (χ2v) is 2.59. The van der Waals surface area contributed by atoms with E-state index in [-0.39, 0.29) is 0 Å². The van der Waals surface area contributed by atoms with Crippen molar-refractivity contribution in [3.05, 3.63) is 48.8 Å². The number of aromatic nitrogens is 2. The topological polar surface area (TPSA) is 28.7 Å². The minimum absolute atomic E-state index is 0.819. The largest absolute Gasteiger partial charge is 0.345 e. The third-order valence-corrected chi connectivity index (χ3v) is 1.29. The summed E-state index contributed by atoms with van der Waals surface area (Å²) in [5.41, 5.74) is 0. The molecule has 0 atom stereocenters. The van der Waals surface area contributed by atoms with Crippen molar-refractivity contribution < 1.29 is 0 Å². The summed E-state index contributed by atoms with van der Waals surface area (Å²) in [4.78, 5) is 6.72. The van der Waals surface area contributed by atoms with Crippen LogP contribution in [0.1, 0.15) is 5.82 Å². The van der Waals surface area contributed by atoms with Gasteiger partial charge in [-0.2, -0.15) is 0 Å². The summed E-state index contributed by atoms with van der Waals surface area (Å²) in [6.45, 7) is 10.4. The van der Waals surface area contributed by atoms with Gasteiger partial charge in [0.2, 0.25) is 0 Å². The SMILES string of the molecule is C=CSC=C.C=Cc1ncc[nH]1. The standard InChI is InChI=1S/C5H6N2.C4H6S/c1-2-5-6-3-4-7-5;1-3-5-4-2/h2-4H,1H2,(H,6,7);3-4H,1-2H2. The second kappa shape index (κ2) is 7.88. The van der Waals surface area contributed by atoms with Crippen LogP contribution in [0.3, 0.4) is 0 Å². The molecule has 2 nitrogen and oxygen atoms in total. The molecule has 0 amide bonds. The van der Waals surface area contributed by atoms with Crippen LogP contribution in [0.15, 0.2) is 42.9 Å². The summed E-state index contributed by atoms with van der Waals surface area (Å²) >= 11 is 1.49. The van der Waals surface area contributed by atoms with Crippen LogP contribution in [0.25, 0.3) is 6.08 Å². The number of aromatic amines is 1. The Morgan fingerprint density at radius 3 is 2.17 bits per heavy atom. The number of H-pyrrole nitrogens is 1. The van der Waals surface area contributed by atoms with Gasteiger partial charge in [0.15, 0.2) is 0 Å². The van der Waals surface area contributed by atoms with Crippen LogP contribution in [0.5, 0.6) is 0 Å². The lowest BCUT2D eigenvalue weighted by molar-refractivity contribution is 1.27. The summed E-state index contributed by atoms with van der Waals surface area (Å²) < 4.78 is 0. The van der Waals surface area contributed by atoms with Crippen molar-refractivity contribution in [2.24, 2.45) is 0 Å². The molecular formula is C9H12N2S. The van der Waals surface area contributed by atoms with Gasteiger partial charge < -0.3 is 4.98 Å². The molecule has 1 heterocycles. The van der Waals surface area contributed by atoms with Crippen LogP contribution in [-0.4, -0.2) is 9.97 Å². The van der Waals surface area contributed by atoms with Gasteiger partial charge in [0.25, 0.3) is 0 Å². The maximum atomic E-state index is 3.86. The van der Waals surface area contributed by atoms with Crippen LogP contribution >= 0.6 is 11.8 Å². The molecule has 0 aliphatic carbocycles. The first kappa shape index (κ1) is 10.8. The molecule has 1 N–H and O–H groups in total. The average Bonchev–Trinajstić information content (AvgIpc) is 2.58. The van der Waals surface area contributed by atoms with Crippen molar-refractivity contribution >= 4 is 17.8 Å². The molecule has 0 radical (unpaired) electrons. The molecular weight excluding hydrogens is 168 g/mol. The quantitative estimate of drug-likeness (QED) is 0.774. The van der Waals surface area contributed by atoms with E-state index < -0.39 is 0 Å². The number of thioether (sulfide) groups is 1. The van der Waals surface area contributed by atoms with E-state index in [0.29, 0.717) is 0 Å². The van der Waals surface area contributed by atoms with E-state index in [1.807, 2.05) is 0 Å². The van der Waals surface area contributed by atoms with Crippen LogP contribution in [0, 0.1) is 0 Å². The van der Waals surface area contributed by atoms with Crippen molar-refractivity contribution in [3.63, 3.8) is 0 Å². The van der Waals surface area contributed by atoms with Gasteiger partial charge in [-0.15, -0.1) is 11.8 Å². The van der Waals surface area contributed by atoms with Gasteiger partial charge in [-0.3, -0.25) is 0 Å². The fourth-order valence-electron chi connectivity index (χ4n) is 0.457. The monoisotopic (exact) mass is 180 g/mol. The highest BCUT2D eigenvalue weighted by molar-refractivity contribution is 8.04. The van der Waals surface area contributed by atoms with E-state index in [1.54, 1.807) is 29.3 Å². The van der Waals surface area contributed by atoms with Crippen LogP contribution in [0.2, 0.25) is 0 Å². The van der Waals surface area contributed by atoms with E-state index in [0.717, 1.165) is 5.82 Å². The molecule has 0 aromatic carbocycles. The fourth-order valence-corrected chi connectivity index (χ4v) is 0.593. The van der Waals surface area contributed by atoms with Crippen molar-refractivity contribution in [2.45, 2.75) is 0 Å². The van der Waals surface area contributed by atoms with Crippen molar-refractivity contribution in [1.29, 1.82) is 0 Å². The Morgan fingerprint density at radius 1 is 1.33 bits per heavy atom. The Kier molecular flexibility index (Phi) is 7.08. The Hall–Kier alpha value is -1.22. The highest BCUT2D eigenvalue weighted by Gasteiger charge is 1.78. The first-order chi connectivity index (χ1) is 5.85. The van der Waals surface area contributed by atoms with Crippen molar-refractivity contribution in [3.8, 4) is 0 Å². The number of hydrogen-bond donors (Lipinski definition) is 1. The highest BCUT2D eigenvalue weighted by atomic mass is 32.2. The molecule has 1 rings (SSSR count). The lowest BCUT2D eigenvalue weighted by atomic mass is 10.6. The van der Waals surface area contributed by atoms with Gasteiger partial charge in [-0.05, 0) is 16.9 Å². The molecule has 0 saturated heterocycles. The molecule has 0 saturated carbocycles. The molecule has 64 valence electrons. The van der Waals surface area contributed by atoms with Crippen LogP contribution in [0.4, 0.5) is 0 Å². The number of hydrogen-bond acceptors (Lipinski definition) is 2. The first-order valence-corrected chi connectivity index (χ1v) is 4.28. The third-order valence-electron chi connectivity index (χ3n) is 0.905. The molecule has 1 aromatic rings. The summed E-state index contributed by atoms with van der Waals surface area (Å²) in [7, 11) is 0. The van der Waals surface area contributed by atoms with Gasteiger partial charge in [0.1, 0.15) is 5.82 Å². The third kappa shape index (κ3) is 5.56. The van der Waals surface area contributed by atoms with Crippen molar-refractivity contribution in [2.75, 3.05) is 0 Å². The molecule has 0 fully saturated rings. The lowest BCUT2D eigenvalue weighted by Gasteiger charge is -1.73. The van der Waals surface area contributed by atoms with E-state index >= 15 is 0 Å². The predicted octanol–water partition coefficient (Wildman–Crippen LogP) is 3.06. The first-order valence-electron chi connectivity index (χ1n) is 3.34. The van der Waals surface area contributed by atoms with Crippen LogP contribution < -0.4 is 0 Å². The molecule has 0 spiro atoms. The van der Waals surface area contributed by atoms with E-state index in [9.17, 15) is 0 Å². The zero-order chi connectivity index (χ0) is 9.23. The number of rotatable bonds is 3. The molecule has 0 unspecified atom stereocenters. The summed E-state index contributed by atoms with van der Waals surface area (Å²) in [6, 6.07) is 0. The number of nitrogens with one attached hydrogen (secondary N) is 1. The maximum absolute atomic E-state index is 3.86.